The molecule has 0 aromatic carbocycles. The molecule has 0 saturated carbocycles. The van der Waals surface area contributed by atoms with Gasteiger partial charge in [0, 0.05) is 32.7 Å². The molecule has 3 N–H and O–H groups in total. The summed E-state index contributed by atoms with van der Waals surface area (Å²) in [5, 5.41) is 2.74. The lowest BCUT2D eigenvalue weighted by atomic mass is 10.4. The molecule has 1 aliphatic heterocycles. The highest BCUT2D eigenvalue weighted by Gasteiger charge is 2.15. The summed E-state index contributed by atoms with van der Waals surface area (Å²) in [6.07, 6.45) is 0. The Morgan fingerprint density at radius 2 is 2.07 bits per heavy atom. The van der Waals surface area contributed by atoms with Gasteiger partial charge in [-0.2, -0.15) is 0 Å². The van der Waals surface area contributed by atoms with Crippen LogP contribution in [-0.2, 0) is 9.63 Å². The van der Waals surface area contributed by atoms with Crippen molar-refractivity contribution in [2.75, 3.05) is 52.9 Å². The molecule has 0 bridgehead atoms. The van der Waals surface area contributed by atoms with Crippen LogP contribution in [0.1, 0.15) is 0 Å². The third kappa shape index (κ3) is 5.08. The van der Waals surface area contributed by atoms with Crippen molar-refractivity contribution in [2.45, 2.75) is 0 Å². The minimum atomic E-state index is 0.0385. The molecule has 1 fully saturated rings. The fraction of sp³-hybridized carbons (Fsp3) is 0.889. The Kier molecular flexibility index (Phi) is 5.56. The van der Waals surface area contributed by atoms with Crippen molar-refractivity contribution in [3.63, 3.8) is 0 Å². The van der Waals surface area contributed by atoms with E-state index in [1.807, 2.05) is 0 Å². The molecule has 0 radical (unpaired) electrons. The van der Waals surface area contributed by atoms with Crippen molar-refractivity contribution >= 4 is 5.91 Å². The normalized spacial score (nSPS) is 19.1. The van der Waals surface area contributed by atoms with Crippen LogP contribution in [0.4, 0.5) is 0 Å². The topological polar surface area (TPSA) is 70.8 Å². The number of amides is 1. The molecule has 1 aliphatic rings. The molecule has 0 unspecified atom stereocenters. The zero-order chi connectivity index (χ0) is 11.1. The zero-order valence-electron chi connectivity index (χ0n) is 9.24. The molecule has 0 aromatic heterocycles. The number of carbonyl (C=O) groups is 1. The molecule has 1 rings (SSSR count). The fourth-order valence-electron chi connectivity index (χ4n) is 1.51. The largest absolute Gasteiger partial charge is 0.353 e. The van der Waals surface area contributed by atoms with Gasteiger partial charge in [0.05, 0.1) is 13.2 Å². The summed E-state index contributed by atoms with van der Waals surface area (Å²) in [6, 6.07) is 0. The predicted octanol–water partition coefficient (Wildman–Crippen LogP) is -1.76. The van der Waals surface area contributed by atoms with Crippen molar-refractivity contribution in [2.24, 2.45) is 5.90 Å². The Morgan fingerprint density at radius 1 is 1.40 bits per heavy atom. The average Bonchev–Trinajstić information content (AvgIpc) is 2.22. The van der Waals surface area contributed by atoms with Crippen LogP contribution in [0.3, 0.4) is 0 Å². The number of nitrogens with zero attached hydrogens (tertiary/aromatic N) is 2. The molecule has 1 amide bonds. The van der Waals surface area contributed by atoms with Gasteiger partial charge in [-0.15, -0.1) is 0 Å². The zero-order valence-corrected chi connectivity index (χ0v) is 9.24. The highest BCUT2D eigenvalue weighted by atomic mass is 16.6. The highest BCUT2D eigenvalue weighted by Crippen LogP contribution is 1.97. The number of carbonyl (C=O) groups excluding carboxylic acids is 1. The first-order valence-electron chi connectivity index (χ1n) is 5.21. The van der Waals surface area contributed by atoms with Crippen LogP contribution in [0, 0.1) is 0 Å². The summed E-state index contributed by atoms with van der Waals surface area (Å²) < 4.78 is 0. The van der Waals surface area contributed by atoms with Gasteiger partial charge in [0.2, 0.25) is 5.91 Å². The molecule has 0 atom stereocenters. The van der Waals surface area contributed by atoms with Crippen molar-refractivity contribution in [3.8, 4) is 0 Å². The second-order valence-electron chi connectivity index (χ2n) is 3.80. The van der Waals surface area contributed by atoms with Crippen LogP contribution in [0.15, 0.2) is 0 Å². The van der Waals surface area contributed by atoms with Gasteiger partial charge in [-0.3, -0.25) is 9.69 Å². The summed E-state index contributed by atoms with van der Waals surface area (Å²) in [5.41, 5.74) is 0. The van der Waals surface area contributed by atoms with E-state index in [2.05, 4.69) is 27.0 Å². The van der Waals surface area contributed by atoms with E-state index in [4.69, 9.17) is 5.90 Å². The number of piperazine rings is 1. The molecule has 0 spiro atoms. The maximum atomic E-state index is 11.4. The molecule has 0 aliphatic carbocycles. The van der Waals surface area contributed by atoms with Crippen LogP contribution in [0.2, 0.25) is 0 Å². The minimum absolute atomic E-state index is 0.0385. The molecular weight excluding hydrogens is 197 g/mol. The van der Waals surface area contributed by atoms with E-state index >= 15 is 0 Å². The van der Waals surface area contributed by atoms with Gasteiger partial charge in [0.25, 0.3) is 0 Å². The lowest BCUT2D eigenvalue weighted by molar-refractivity contribution is -0.122. The fourth-order valence-corrected chi connectivity index (χ4v) is 1.51. The summed E-state index contributed by atoms with van der Waals surface area (Å²) in [6.45, 7) is 5.27. The molecule has 1 saturated heterocycles. The maximum Gasteiger partial charge on any atom is 0.234 e. The van der Waals surface area contributed by atoms with Gasteiger partial charge in [-0.1, -0.05) is 0 Å². The Labute approximate surface area is 90.3 Å². The van der Waals surface area contributed by atoms with E-state index in [-0.39, 0.29) is 5.91 Å². The van der Waals surface area contributed by atoms with Gasteiger partial charge >= 0.3 is 0 Å². The molecule has 6 heteroatoms. The number of nitrogens with one attached hydrogen (secondary N) is 1. The summed E-state index contributed by atoms with van der Waals surface area (Å²) in [5.74, 6) is 4.89. The number of likely N-dealkylation sites (N-methyl/N-ethyl adjacent to an activating group) is 1. The number of nitrogens with two attached hydrogens (primary N) is 1. The second kappa shape index (κ2) is 6.73. The Hall–Kier alpha value is -0.690. The number of hydrogen-bond acceptors (Lipinski definition) is 5. The van der Waals surface area contributed by atoms with Crippen molar-refractivity contribution < 1.29 is 9.63 Å². The first-order valence-corrected chi connectivity index (χ1v) is 5.21. The van der Waals surface area contributed by atoms with Crippen molar-refractivity contribution in [3.05, 3.63) is 0 Å². The lowest BCUT2D eigenvalue weighted by Crippen LogP contribution is -2.48. The average molecular weight is 217 g/mol. The van der Waals surface area contributed by atoms with Crippen molar-refractivity contribution in [1.82, 2.24) is 15.1 Å². The summed E-state index contributed by atoms with van der Waals surface area (Å²) in [7, 11) is 2.09. The van der Waals surface area contributed by atoms with Gasteiger partial charge in [-0.05, 0) is 7.05 Å². The number of rotatable bonds is 5. The van der Waals surface area contributed by atoms with E-state index in [0.717, 1.165) is 26.2 Å². The van der Waals surface area contributed by atoms with Crippen LogP contribution >= 0.6 is 0 Å². The first-order chi connectivity index (χ1) is 7.22. The monoisotopic (exact) mass is 217 g/mol. The highest BCUT2D eigenvalue weighted by molar-refractivity contribution is 5.77. The van der Waals surface area contributed by atoms with Crippen LogP contribution < -0.4 is 11.2 Å². The molecule has 15 heavy (non-hydrogen) atoms. The van der Waals surface area contributed by atoms with Crippen LogP contribution in [0.5, 0.6) is 0 Å². The minimum Gasteiger partial charge on any atom is -0.353 e. The summed E-state index contributed by atoms with van der Waals surface area (Å²) >= 11 is 0. The standard InChI is InChI=1S/C9H20N4O2/c1-12-3-5-13(6-4-12)8-9(14)11-2-7-15-10/h2-8,10H2,1H3,(H,11,14)/i8+1. The van der Waals surface area contributed by atoms with Crippen LogP contribution in [-0.4, -0.2) is 68.6 Å². The smallest absolute Gasteiger partial charge is 0.234 e. The molecule has 1 heterocycles. The SMILES string of the molecule is CN1CCN([13CH2]C(=O)NCCON)CC1. The Bertz CT molecular complexity index is 193. The van der Waals surface area contributed by atoms with E-state index in [0.29, 0.717) is 19.7 Å². The van der Waals surface area contributed by atoms with E-state index in [9.17, 15) is 4.79 Å². The van der Waals surface area contributed by atoms with E-state index in [1.165, 1.54) is 0 Å². The summed E-state index contributed by atoms with van der Waals surface area (Å²) in [4.78, 5) is 20.2. The molecule has 0 aromatic rings. The van der Waals surface area contributed by atoms with E-state index < -0.39 is 0 Å². The quantitative estimate of drug-likeness (QED) is 0.324. The number of hydrogen-bond donors (Lipinski definition) is 2. The van der Waals surface area contributed by atoms with Gasteiger partial charge < -0.3 is 15.1 Å². The van der Waals surface area contributed by atoms with Gasteiger partial charge in [0.15, 0.2) is 0 Å². The lowest BCUT2D eigenvalue weighted by Gasteiger charge is -2.31. The Morgan fingerprint density at radius 3 is 2.67 bits per heavy atom. The van der Waals surface area contributed by atoms with Gasteiger partial charge in [-0.25, -0.2) is 5.90 Å². The third-order valence-corrected chi connectivity index (χ3v) is 2.51. The van der Waals surface area contributed by atoms with Gasteiger partial charge in [0.1, 0.15) is 0 Å². The Balaban J connectivity index is 2.09. The molecule has 6 nitrogen and oxygen atoms in total. The predicted molar refractivity (Wildman–Crippen MR) is 57.1 cm³/mol. The third-order valence-electron chi connectivity index (χ3n) is 2.51. The van der Waals surface area contributed by atoms with Crippen molar-refractivity contribution in [1.29, 1.82) is 0 Å². The van der Waals surface area contributed by atoms with E-state index in [1.54, 1.807) is 0 Å². The second-order valence-corrected chi connectivity index (χ2v) is 3.80. The van der Waals surface area contributed by atoms with Crippen LogP contribution in [0.25, 0.3) is 0 Å². The molecule has 88 valence electrons. The maximum absolute atomic E-state index is 11.4. The molecular formula is C9H20N4O2. The first kappa shape index (κ1) is 12.4.